The summed E-state index contributed by atoms with van der Waals surface area (Å²) in [5.74, 6) is 0. The van der Waals surface area contributed by atoms with Gasteiger partial charge in [-0.1, -0.05) is 194 Å². The van der Waals surface area contributed by atoms with E-state index in [4.69, 9.17) is 0 Å². The Morgan fingerprint density at radius 2 is 0.529 bits per heavy atom. The lowest BCUT2D eigenvalue weighted by Crippen LogP contribution is -2.09. The van der Waals surface area contributed by atoms with Gasteiger partial charge in [-0.15, -0.1) is 0 Å². The van der Waals surface area contributed by atoms with Gasteiger partial charge in [0.15, 0.2) is 0 Å². The lowest BCUT2D eigenvalue weighted by Gasteiger charge is -2.26. The molecule has 0 radical (unpaired) electrons. The maximum absolute atomic E-state index is 2.42. The molecule has 0 spiro atoms. The van der Waals surface area contributed by atoms with E-state index < -0.39 is 0 Å². The Balaban J connectivity index is 0.809. The highest BCUT2D eigenvalue weighted by Crippen LogP contribution is 2.40. The maximum atomic E-state index is 2.42. The van der Waals surface area contributed by atoms with Crippen LogP contribution in [-0.4, -0.2) is 4.57 Å². The van der Waals surface area contributed by atoms with Gasteiger partial charge >= 0.3 is 0 Å². The second kappa shape index (κ2) is 17.4. The molecule has 0 fully saturated rings. The van der Waals surface area contributed by atoms with Crippen molar-refractivity contribution >= 4 is 60.4 Å². The third-order valence-corrected chi connectivity index (χ3v) is 14.0. The average Bonchev–Trinajstić information content (AvgIpc) is 3.77. The number of para-hydroxylation sites is 1. The number of fused-ring (bicyclic) bond motifs is 5. The fourth-order valence-electron chi connectivity index (χ4n) is 10.3. The van der Waals surface area contributed by atoms with E-state index in [0.29, 0.717) is 0 Å². The summed E-state index contributed by atoms with van der Waals surface area (Å²) >= 11 is 0. The molecule has 2 heteroatoms. The molecule has 0 amide bonds. The summed E-state index contributed by atoms with van der Waals surface area (Å²) in [4.78, 5) is 2.32. The molecular weight excluding hydrogens is 845 g/mol. The van der Waals surface area contributed by atoms with Crippen LogP contribution >= 0.6 is 0 Å². The van der Waals surface area contributed by atoms with E-state index in [2.05, 4.69) is 289 Å². The number of hydrogen-bond acceptors (Lipinski definition) is 1. The first-order valence-electron chi connectivity index (χ1n) is 24.1. The molecule has 0 unspecified atom stereocenters. The first kappa shape index (κ1) is 41.0. The van der Waals surface area contributed by atoms with Crippen molar-refractivity contribution < 1.29 is 0 Å². The van der Waals surface area contributed by atoms with Gasteiger partial charge in [-0.3, -0.25) is 0 Å². The predicted octanol–water partition coefficient (Wildman–Crippen LogP) is 18.9. The van der Waals surface area contributed by atoms with Gasteiger partial charge in [-0.25, -0.2) is 0 Å². The molecule has 12 aromatic carbocycles. The smallest absolute Gasteiger partial charge is 0.0541 e. The number of benzene rings is 12. The minimum Gasteiger partial charge on any atom is -0.311 e. The number of rotatable bonds is 9. The zero-order valence-corrected chi connectivity index (χ0v) is 38.5. The van der Waals surface area contributed by atoms with E-state index in [1.807, 2.05) is 0 Å². The average molecular weight is 891 g/mol. The van der Waals surface area contributed by atoms with Crippen molar-refractivity contribution in [2.24, 2.45) is 0 Å². The lowest BCUT2D eigenvalue weighted by molar-refractivity contribution is 1.18. The van der Waals surface area contributed by atoms with Crippen LogP contribution in [0.25, 0.3) is 105 Å². The predicted molar refractivity (Wildman–Crippen MR) is 298 cm³/mol. The largest absolute Gasteiger partial charge is 0.311 e. The SMILES string of the molecule is c1ccc(-c2ccc(N(c3ccccc3)c3ccc(-c4ccc(-c5ccc(-n6c7ccc(-c8ccc9ccccc9c8)cc7c7cc(-c8ccc9ccccc9c8)ccc76)cc5)cc4)cc3)cc2)cc1. The maximum Gasteiger partial charge on any atom is 0.0541 e. The van der Waals surface area contributed by atoms with Gasteiger partial charge in [0, 0.05) is 33.5 Å². The summed E-state index contributed by atoms with van der Waals surface area (Å²) in [6.07, 6.45) is 0. The Morgan fingerprint density at radius 3 is 0.986 bits per heavy atom. The normalized spacial score (nSPS) is 11.4. The first-order valence-corrected chi connectivity index (χ1v) is 24.1. The molecule has 1 heterocycles. The molecule has 1 aromatic heterocycles. The molecule has 0 N–H and O–H groups in total. The van der Waals surface area contributed by atoms with Crippen molar-refractivity contribution in [3.63, 3.8) is 0 Å². The van der Waals surface area contributed by atoms with Crippen LogP contribution in [0, 0.1) is 0 Å². The monoisotopic (exact) mass is 890 g/mol. The van der Waals surface area contributed by atoms with Gasteiger partial charge in [-0.05, 0) is 162 Å². The Bertz CT molecular complexity index is 3870. The molecule has 328 valence electrons. The summed E-state index contributed by atoms with van der Waals surface area (Å²) in [5, 5.41) is 7.47. The molecule has 0 aliphatic carbocycles. The van der Waals surface area contributed by atoms with Gasteiger partial charge in [-0.2, -0.15) is 0 Å². The van der Waals surface area contributed by atoms with E-state index in [0.717, 1.165) is 22.7 Å². The Labute approximate surface area is 408 Å². The molecule has 0 saturated heterocycles. The summed E-state index contributed by atoms with van der Waals surface area (Å²) < 4.78 is 2.42. The highest BCUT2D eigenvalue weighted by Gasteiger charge is 2.17. The molecule has 70 heavy (non-hydrogen) atoms. The molecule has 0 aliphatic rings. The quantitative estimate of drug-likeness (QED) is 0.140. The van der Waals surface area contributed by atoms with Crippen molar-refractivity contribution in [3.05, 3.63) is 279 Å². The van der Waals surface area contributed by atoms with Crippen molar-refractivity contribution in [1.82, 2.24) is 4.57 Å². The van der Waals surface area contributed by atoms with Crippen LogP contribution in [0.5, 0.6) is 0 Å². The van der Waals surface area contributed by atoms with Crippen LogP contribution in [0.3, 0.4) is 0 Å². The van der Waals surface area contributed by atoms with Crippen molar-refractivity contribution in [1.29, 1.82) is 0 Å². The Morgan fingerprint density at radius 1 is 0.214 bits per heavy atom. The molecule has 0 bridgehead atoms. The van der Waals surface area contributed by atoms with Crippen LogP contribution in [0.2, 0.25) is 0 Å². The summed E-state index contributed by atoms with van der Waals surface area (Å²) in [6.45, 7) is 0. The fourth-order valence-corrected chi connectivity index (χ4v) is 10.3. The minimum atomic E-state index is 1.11. The lowest BCUT2D eigenvalue weighted by atomic mass is 9.98. The summed E-state index contributed by atoms with van der Waals surface area (Å²) in [7, 11) is 0. The Hall–Kier alpha value is -9.24. The zero-order chi connectivity index (χ0) is 46.4. The highest BCUT2D eigenvalue weighted by molar-refractivity contribution is 6.12. The van der Waals surface area contributed by atoms with Gasteiger partial charge in [0.2, 0.25) is 0 Å². The number of hydrogen-bond donors (Lipinski definition) is 0. The summed E-state index contributed by atoms with van der Waals surface area (Å²) in [6, 6.07) is 102. The second-order valence-corrected chi connectivity index (χ2v) is 18.2. The molecule has 0 aliphatic heterocycles. The van der Waals surface area contributed by atoms with Gasteiger partial charge in [0.25, 0.3) is 0 Å². The molecular formula is C68H46N2. The third-order valence-electron chi connectivity index (χ3n) is 14.0. The molecule has 13 rings (SSSR count). The van der Waals surface area contributed by atoms with Gasteiger partial charge in [0.05, 0.1) is 11.0 Å². The minimum absolute atomic E-state index is 1.11. The second-order valence-electron chi connectivity index (χ2n) is 18.2. The van der Waals surface area contributed by atoms with Crippen molar-refractivity contribution in [2.75, 3.05) is 4.90 Å². The summed E-state index contributed by atoms with van der Waals surface area (Å²) in [5.41, 5.74) is 18.8. The zero-order valence-electron chi connectivity index (χ0n) is 38.5. The molecule has 2 nitrogen and oxygen atoms in total. The van der Waals surface area contributed by atoms with Crippen molar-refractivity contribution in [2.45, 2.75) is 0 Å². The number of aromatic nitrogens is 1. The topological polar surface area (TPSA) is 8.17 Å². The van der Waals surface area contributed by atoms with Crippen LogP contribution in [0.1, 0.15) is 0 Å². The van der Waals surface area contributed by atoms with E-state index in [1.165, 1.54) is 99.0 Å². The fraction of sp³-hybridized carbons (Fsp3) is 0. The van der Waals surface area contributed by atoms with Crippen LogP contribution in [0.4, 0.5) is 17.1 Å². The number of nitrogens with zero attached hydrogens (tertiary/aromatic N) is 2. The van der Waals surface area contributed by atoms with E-state index in [-0.39, 0.29) is 0 Å². The first-order chi connectivity index (χ1) is 34.7. The van der Waals surface area contributed by atoms with Crippen molar-refractivity contribution in [3.8, 4) is 61.3 Å². The van der Waals surface area contributed by atoms with Crippen LogP contribution < -0.4 is 4.90 Å². The molecule has 0 saturated carbocycles. The van der Waals surface area contributed by atoms with Gasteiger partial charge in [0.1, 0.15) is 0 Å². The molecule has 13 aromatic rings. The van der Waals surface area contributed by atoms with Gasteiger partial charge < -0.3 is 9.47 Å². The van der Waals surface area contributed by atoms with E-state index >= 15 is 0 Å². The van der Waals surface area contributed by atoms with E-state index in [1.54, 1.807) is 0 Å². The standard InChI is InChI=1S/C68H46N2/c1-3-11-47(12-4-1)52-27-35-62(36-28-52)69(61-17-5-2-6-18-61)63-37-29-53(30-38-63)50-19-21-51(22-20-50)54-31-39-64(40-32-54)70-67-41-33-59(57-25-23-48-13-7-9-15-55(48)43-57)45-65(67)66-46-60(34-42-68(66)70)58-26-24-49-14-8-10-16-56(49)44-58/h1-46H. The van der Waals surface area contributed by atoms with E-state index in [9.17, 15) is 0 Å². The Kier molecular flexibility index (Phi) is 10.2. The number of anilines is 3. The third kappa shape index (κ3) is 7.59. The highest BCUT2D eigenvalue weighted by atomic mass is 15.1. The molecule has 0 atom stereocenters. The van der Waals surface area contributed by atoms with Crippen LogP contribution in [0.15, 0.2) is 279 Å². The van der Waals surface area contributed by atoms with Crippen LogP contribution in [-0.2, 0) is 0 Å².